The summed E-state index contributed by atoms with van der Waals surface area (Å²) in [4.78, 5) is 0. The Morgan fingerprint density at radius 1 is 1.25 bits per heavy atom. The minimum absolute atomic E-state index is 0.143. The van der Waals surface area contributed by atoms with Gasteiger partial charge in [-0.3, -0.25) is 0 Å². The minimum Gasteiger partial charge on any atom is -0.427 e. The smallest absolute Gasteiger partial charge is 0.161 e. The van der Waals surface area contributed by atoms with Crippen LogP contribution in [0.2, 0.25) is 6.04 Å². The lowest BCUT2D eigenvalue weighted by atomic mass is 9.96. The van der Waals surface area contributed by atoms with Gasteiger partial charge in [-0.15, -0.1) is 0 Å². The van der Waals surface area contributed by atoms with Crippen molar-refractivity contribution in [2.75, 3.05) is 7.11 Å². The average molecular weight is 188 g/mol. The van der Waals surface area contributed by atoms with E-state index in [1.165, 1.54) is 38.1 Å². The zero-order valence-corrected chi connectivity index (χ0v) is 10.3. The molecule has 0 N–H and O–H groups in total. The maximum Gasteiger partial charge on any atom is 0.161 e. The van der Waals surface area contributed by atoms with E-state index in [0.717, 1.165) is 5.92 Å². The second kappa shape index (κ2) is 9.27. The van der Waals surface area contributed by atoms with Crippen LogP contribution in [0.5, 0.6) is 0 Å². The van der Waals surface area contributed by atoms with Crippen molar-refractivity contribution in [3.63, 3.8) is 0 Å². The molecule has 1 nitrogen and oxygen atoms in total. The van der Waals surface area contributed by atoms with E-state index in [0.29, 0.717) is 0 Å². The normalized spacial score (nSPS) is 14.2. The van der Waals surface area contributed by atoms with Crippen LogP contribution < -0.4 is 0 Å². The van der Waals surface area contributed by atoms with Gasteiger partial charge in [0.15, 0.2) is 9.76 Å². The molecule has 0 heterocycles. The number of rotatable bonds is 8. The topological polar surface area (TPSA) is 9.23 Å². The standard InChI is InChI=1S/C10H24OSi/c1-4-7-10(5-2)8-6-9-12-11-3/h10H,4-9,12H2,1-3H3/t10-/m1/s1. The van der Waals surface area contributed by atoms with Crippen LogP contribution in [0.25, 0.3) is 0 Å². The zero-order valence-electron chi connectivity index (χ0n) is 8.94. The van der Waals surface area contributed by atoms with Gasteiger partial charge >= 0.3 is 0 Å². The van der Waals surface area contributed by atoms with Crippen LogP contribution in [-0.4, -0.2) is 16.9 Å². The van der Waals surface area contributed by atoms with E-state index < -0.39 is 0 Å². The van der Waals surface area contributed by atoms with E-state index in [9.17, 15) is 0 Å². The molecule has 0 spiro atoms. The fourth-order valence-electron chi connectivity index (χ4n) is 1.64. The van der Waals surface area contributed by atoms with Crippen molar-refractivity contribution in [2.45, 2.75) is 52.0 Å². The van der Waals surface area contributed by atoms with E-state index in [1.54, 1.807) is 0 Å². The summed E-state index contributed by atoms with van der Waals surface area (Å²) in [6.07, 6.45) is 6.97. The van der Waals surface area contributed by atoms with Gasteiger partial charge in [0.05, 0.1) is 0 Å². The van der Waals surface area contributed by atoms with Gasteiger partial charge in [0.1, 0.15) is 0 Å². The van der Waals surface area contributed by atoms with Crippen molar-refractivity contribution in [2.24, 2.45) is 5.92 Å². The molecule has 0 amide bonds. The van der Waals surface area contributed by atoms with Gasteiger partial charge in [0, 0.05) is 7.11 Å². The average Bonchev–Trinajstić information content (AvgIpc) is 2.10. The van der Waals surface area contributed by atoms with Gasteiger partial charge in [0.2, 0.25) is 0 Å². The lowest BCUT2D eigenvalue weighted by molar-refractivity contribution is 0.413. The molecular formula is C10H24OSi. The lowest BCUT2D eigenvalue weighted by Gasteiger charge is -2.12. The van der Waals surface area contributed by atoms with Crippen molar-refractivity contribution in [1.82, 2.24) is 0 Å². The van der Waals surface area contributed by atoms with Gasteiger partial charge in [-0.25, -0.2) is 0 Å². The molecule has 0 rings (SSSR count). The quantitative estimate of drug-likeness (QED) is 0.420. The summed E-state index contributed by atoms with van der Waals surface area (Å²) in [5.41, 5.74) is 0. The second-order valence-electron chi connectivity index (χ2n) is 3.55. The Hall–Kier alpha value is 0.177. The summed E-state index contributed by atoms with van der Waals surface area (Å²) in [7, 11) is 1.70. The molecule has 0 radical (unpaired) electrons. The van der Waals surface area contributed by atoms with E-state index in [4.69, 9.17) is 4.43 Å². The predicted octanol–water partition coefficient (Wildman–Crippen LogP) is 2.74. The third-order valence-corrected chi connectivity index (χ3v) is 3.68. The Kier molecular flexibility index (Phi) is 9.40. The highest BCUT2D eigenvalue weighted by atomic mass is 28.2. The predicted molar refractivity (Wildman–Crippen MR) is 58.3 cm³/mol. The molecule has 0 saturated carbocycles. The van der Waals surface area contributed by atoms with Gasteiger partial charge in [-0.1, -0.05) is 46.0 Å². The number of hydrogen-bond acceptors (Lipinski definition) is 1. The molecule has 12 heavy (non-hydrogen) atoms. The first kappa shape index (κ1) is 12.2. The van der Waals surface area contributed by atoms with E-state index >= 15 is 0 Å². The zero-order chi connectivity index (χ0) is 9.23. The maximum atomic E-state index is 5.16. The van der Waals surface area contributed by atoms with Gasteiger partial charge in [-0.05, 0) is 12.0 Å². The highest BCUT2D eigenvalue weighted by Gasteiger charge is 2.03. The van der Waals surface area contributed by atoms with Crippen molar-refractivity contribution in [3.8, 4) is 0 Å². The molecule has 0 saturated heterocycles. The first-order chi connectivity index (χ1) is 5.85. The fraction of sp³-hybridized carbons (Fsp3) is 1.00. The Labute approximate surface area is 79.8 Å². The molecule has 0 aliphatic rings. The Morgan fingerprint density at radius 3 is 2.50 bits per heavy atom. The van der Waals surface area contributed by atoms with Crippen LogP contribution in [-0.2, 0) is 4.43 Å². The number of hydrogen-bond donors (Lipinski definition) is 0. The first-order valence-electron chi connectivity index (χ1n) is 5.34. The molecule has 0 unspecified atom stereocenters. The van der Waals surface area contributed by atoms with E-state index in [2.05, 4.69) is 13.8 Å². The monoisotopic (exact) mass is 188 g/mol. The van der Waals surface area contributed by atoms with Crippen molar-refractivity contribution in [1.29, 1.82) is 0 Å². The van der Waals surface area contributed by atoms with Crippen LogP contribution >= 0.6 is 0 Å². The van der Waals surface area contributed by atoms with E-state index in [1.807, 2.05) is 7.11 Å². The minimum atomic E-state index is -0.143. The molecule has 74 valence electrons. The Bertz CT molecular complexity index is 85.9. The summed E-state index contributed by atoms with van der Waals surface area (Å²) < 4.78 is 5.16. The van der Waals surface area contributed by atoms with Crippen LogP contribution in [0, 0.1) is 5.92 Å². The van der Waals surface area contributed by atoms with Crippen LogP contribution in [0.3, 0.4) is 0 Å². The molecule has 1 atom stereocenters. The Morgan fingerprint density at radius 2 is 2.00 bits per heavy atom. The molecule has 0 aromatic heterocycles. The van der Waals surface area contributed by atoms with Crippen molar-refractivity contribution < 1.29 is 4.43 Å². The van der Waals surface area contributed by atoms with Gasteiger partial charge < -0.3 is 4.43 Å². The summed E-state index contributed by atoms with van der Waals surface area (Å²) in [6.45, 7) is 4.60. The summed E-state index contributed by atoms with van der Waals surface area (Å²) in [5.74, 6) is 0.987. The van der Waals surface area contributed by atoms with Gasteiger partial charge in [-0.2, -0.15) is 0 Å². The summed E-state index contributed by atoms with van der Waals surface area (Å²) >= 11 is 0. The lowest BCUT2D eigenvalue weighted by Crippen LogP contribution is -2.00. The van der Waals surface area contributed by atoms with E-state index in [-0.39, 0.29) is 9.76 Å². The molecule has 0 fully saturated rings. The van der Waals surface area contributed by atoms with Crippen molar-refractivity contribution in [3.05, 3.63) is 0 Å². The molecule has 0 aliphatic carbocycles. The highest BCUT2D eigenvalue weighted by Crippen LogP contribution is 2.17. The fourth-order valence-corrected chi connectivity index (χ4v) is 2.42. The summed E-state index contributed by atoms with van der Waals surface area (Å²) in [5, 5.41) is 0. The SMILES string of the molecule is CCC[C@@H](CC)CCC[SiH2]OC. The largest absolute Gasteiger partial charge is 0.427 e. The van der Waals surface area contributed by atoms with Crippen LogP contribution in [0.4, 0.5) is 0 Å². The van der Waals surface area contributed by atoms with Crippen LogP contribution in [0.1, 0.15) is 46.0 Å². The van der Waals surface area contributed by atoms with Crippen molar-refractivity contribution >= 4 is 9.76 Å². The first-order valence-corrected chi connectivity index (χ1v) is 6.91. The molecule has 0 bridgehead atoms. The summed E-state index contributed by atoms with van der Waals surface area (Å²) in [6, 6.07) is 1.37. The third-order valence-electron chi connectivity index (χ3n) is 2.49. The molecule has 0 aromatic carbocycles. The maximum absolute atomic E-state index is 5.16. The Balaban J connectivity index is 3.19. The van der Waals surface area contributed by atoms with Gasteiger partial charge in [0.25, 0.3) is 0 Å². The molecule has 2 heteroatoms. The second-order valence-corrected chi connectivity index (χ2v) is 5.24. The molecule has 0 aromatic rings. The van der Waals surface area contributed by atoms with Crippen LogP contribution in [0.15, 0.2) is 0 Å². The molecular weight excluding hydrogens is 164 g/mol. The highest BCUT2D eigenvalue weighted by molar-refractivity contribution is 6.26. The molecule has 0 aliphatic heterocycles. The third kappa shape index (κ3) is 6.86.